The molecule has 1 saturated heterocycles. The highest BCUT2D eigenvalue weighted by Crippen LogP contribution is 2.29. The van der Waals surface area contributed by atoms with E-state index < -0.39 is 0 Å². The van der Waals surface area contributed by atoms with Crippen molar-refractivity contribution in [3.05, 3.63) is 59.7 Å². The lowest BCUT2D eigenvalue weighted by Gasteiger charge is -2.16. The lowest BCUT2D eigenvalue weighted by Crippen LogP contribution is -2.09. The fraction of sp³-hybridized carbons (Fsp3) is 0.235. The number of benzene rings is 2. The van der Waals surface area contributed by atoms with E-state index in [0.717, 1.165) is 12.0 Å². The first kappa shape index (κ1) is 14.4. The third-order valence-electron chi connectivity index (χ3n) is 3.58. The van der Waals surface area contributed by atoms with Gasteiger partial charge in [-0.3, -0.25) is 0 Å². The van der Waals surface area contributed by atoms with Gasteiger partial charge in [0.2, 0.25) is 5.90 Å². The molecule has 0 amide bonds. The SMILES string of the molecule is Nc1ccc(N)c(C(Cc2ccccc2)N=C2COCO2)c1. The molecule has 1 heterocycles. The molecule has 0 radical (unpaired) electrons. The van der Waals surface area contributed by atoms with Gasteiger partial charge >= 0.3 is 0 Å². The predicted octanol–water partition coefficient (Wildman–Crippen LogP) is 2.54. The Labute approximate surface area is 129 Å². The third-order valence-corrected chi connectivity index (χ3v) is 3.58. The standard InChI is InChI=1S/C17H19N3O2/c18-13-6-7-15(19)14(9-13)16(20-17-10-21-11-22-17)8-12-4-2-1-3-5-12/h1-7,9,16H,8,10-11,18-19H2. The summed E-state index contributed by atoms with van der Waals surface area (Å²) in [7, 11) is 0. The van der Waals surface area contributed by atoms with Gasteiger partial charge in [-0.1, -0.05) is 30.3 Å². The van der Waals surface area contributed by atoms with Gasteiger partial charge in [0.1, 0.15) is 6.61 Å². The molecule has 4 N–H and O–H groups in total. The van der Waals surface area contributed by atoms with Crippen molar-refractivity contribution in [3.63, 3.8) is 0 Å². The number of rotatable bonds is 4. The van der Waals surface area contributed by atoms with Crippen molar-refractivity contribution in [2.45, 2.75) is 12.5 Å². The topological polar surface area (TPSA) is 82.9 Å². The van der Waals surface area contributed by atoms with Crippen LogP contribution in [0.4, 0.5) is 11.4 Å². The molecule has 0 spiro atoms. The van der Waals surface area contributed by atoms with Crippen LogP contribution in [0.5, 0.6) is 0 Å². The molecule has 0 aromatic heterocycles. The van der Waals surface area contributed by atoms with E-state index in [4.69, 9.17) is 20.9 Å². The number of aliphatic imine (C=N–C) groups is 1. The highest BCUT2D eigenvalue weighted by atomic mass is 16.7. The first-order chi connectivity index (χ1) is 10.7. The molecule has 22 heavy (non-hydrogen) atoms. The number of nitrogen functional groups attached to an aromatic ring is 2. The van der Waals surface area contributed by atoms with Gasteiger partial charge in [-0.15, -0.1) is 0 Å². The lowest BCUT2D eigenvalue weighted by molar-refractivity contribution is 0.0889. The van der Waals surface area contributed by atoms with Crippen LogP contribution in [0.15, 0.2) is 53.5 Å². The van der Waals surface area contributed by atoms with Crippen molar-refractivity contribution in [3.8, 4) is 0 Å². The number of ether oxygens (including phenoxy) is 2. The monoisotopic (exact) mass is 297 g/mol. The van der Waals surface area contributed by atoms with Gasteiger partial charge in [-0.2, -0.15) is 0 Å². The molecule has 2 aromatic carbocycles. The molecule has 5 heteroatoms. The van der Waals surface area contributed by atoms with Gasteiger partial charge in [-0.05, 0) is 30.2 Å². The van der Waals surface area contributed by atoms with E-state index in [9.17, 15) is 0 Å². The highest BCUT2D eigenvalue weighted by molar-refractivity contribution is 5.79. The van der Waals surface area contributed by atoms with Crippen LogP contribution in [0.1, 0.15) is 17.2 Å². The molecule has 3 rings (SSSR count). The minimum absolute atomic E-state index is 0.150. The Morgan fingerprint density at radius 2 is 1.91 bits per heavy atom. The molecule has 1 atom stereocenters. The van der Waals surface area contributed by atoms with Crippen LogP contribution in [-0.2, 0) is 15.9 Å². The van der Waals surface area contributed by atoms with E-state index >= 15 is 0 Å². The van der Waals surface area contributed by atoms with Crippen molar-refractivity contribution >= 4 is 17.3 Å². The predicted molar refractivity (Wildman–Crippen MR) is 87.5 cm³/mol. The van der Waals surface area contributed by atoms with Crippen LogP contribution >= 0.6 is 0 Å². The van der Waals surface area contributed by atoms with Crippen molar-refractivity contribution in [1.29, 1.82) is 0 Å². The highest BCUT2D eigenvalue weighted by Gasteiger charge is 2.18. The molecule has 0 saturated carbocycles. The zero-order valence-corrected chi connectivity index (χ0v) is 12.2. The Bertz CT molecular complexity index is 663. The molecule has 0 aliphatic carbocycles. The fourth-order valence-electron chi connectivity index (χ4n) is 2.47. The van der Waals surface area contributed by atoms with E-state index in [-0.39, 0.29) is 12.8 Å². The summed E-state index contributed by atoms with van der Waals surface area (Å²) in [6.45, 7) is 0.650. The second kappa shape index (κ2) is 6.49. The maximum Gasteiger partial charge on any atom is 0.213 e. The number of nitrogens with zero attached hydrogens (tertiary/aromatic N) is 1. The van der Waals surface area contributed by atoms with E-state index in [2.05, 4.69) is 17.1 Å². The van der Waals surface area contributed by atoms with Crippen LogP contribution in [0, 0.1) is 0 Å². The van der Waals surface area contributed by atoms with Crippen molar-refractivity contribution in [1.82, 2.24) is 0 Å². The van der Waals surface area contributed by atoms with Crippen LogP contribution in [-0.4, -0.2) is 19.3 Å². The molecule has 1 unspecified atom stereocenters. The van der Waals surface area contributed by atoms with Crippen LogP contribution in [0.3, 0.4) is 0 Å². The third kappa shape index (κ3) is 3.38. The zero-order chi connectivity index (χ0) is 15.4. The summed E-state index contributed by atoms with van der Waals surface area (Å²) in [5.41, 5.74) is 15.5. The second-order valence-electron chi connectivity index (χ2n) is 5.23. The summed E-state index contributed by atoms with van der Waals surface area (Å²) in [6.07, 6.45) is 0.724. The Hall–Kier alpha value is -2.53. The molecule has 1 fully saturated rings. The van der Waals surface area contributed by atoms with Crippen LogP contribution < -0.4 is 11.5 Å². The van der Waals surface area contributed by atoms with Gasteiger partial charge in [0, 0.05) is 16.9 Å². The van der Waals surface area contributed by atoms with E-state index in [1.54, 1.807) is 6.07 Å². The maximum absolute atomic E-state index is 6.12. The number of hydrogen-bond donors (Lipinski definition) is 2. The van der Waals surface area contributed by atoms with Crippen LogP contribution in [0.2, 0.25) is 0 Å². The van der Waals surface area contributed by atoms with E-state index in [1.807, 2.05) is 30.3 Å². The van der Waals surface area contributed by atoms with Crippen molar-refractivity contribution in [2.24, 2.45) is 4.99 Å². The quantitative estimate of drug-likeness (QED) is 0.850. The number of anilines is 2. The number of nitrogens with two attached hydrogens (primary N) is 2. The molecule has 5 nitrogen and oxygen atoms in total. The molecule has 0 bridgehead atoms. The number of hydrogen-bond acceptors (Lipinski definition) is 5. The normalized spacial score (nSPS) is 17.4. The van der Waals surface area contributed by atoms with Crippen molar-refractivity contribution in [2.75, 3.05) is 24.9 Å². The maximum atomic E-state index is 6.12. The smallest absolute Gasteiger partial charge is 0.213 e. The molecular weight excluding hydrogens is 278 g/mol. The molecular formula is C17H19N3O2. The summed E-state index contributed by atoms with van der Waals surface area (Å²) in [6, 6.07) is 15.5. The summed E-state index contributed by atoms with van der Waals surface area (Å²) in [5, 5.41) is 0. The summed E-state index contributed by atoms with van der Waals surface area (Å²) < 4.78 is 10.6. The molecule has 114 valence electrons. The summed E-state index contributed by atoms with van der Waals surface area (Å²) in [5.74, 6) is 0.600. The Morgan fingerprint density at radius 3 is 2.64 bits per heavy atom. The Morgan fingerprint density at radius 1 is 1.09 bits per heavy atom. The minimum Gasteiger partial charge on any atom is -0.452 e. The Kier molecular flexibility index (Phi) is 4.25. The largest absolute Gasteiger partial charge is 0.452 e. The van der Waals surface area contributed by atoms with Gasteiger partial charge < -0.3 is 20.9 Å². The van der Waals surface area contributed by atoms with Gasteiger partial charge in [0.25, 0.3) is 0 Å². The van der Waals surface area contributed by atoms with Gasteiger partial charge in [-0.25, -0.2) is 4.99 Å². The second-order valence-corrected chi connectivity index (χ2v) is 5.23. The average molecular weight is 297 g/mol. The first-order valence-electron chi connectivity index (χ1n) is 7.18. The Balaban J connectivity index is 1.94. The zero-order valence-electron chi connectivity index (χ0n) is 12.2. The van der Waals surface area contributed by atoms with E-state index in [1.165, 1.54) is 5.56 Å². The lowest BCUT2D eigenvalue weighted by atomic mass is 9.97. The van der Waals surface area contributed by atoms with Gasteiger partial charge in [0.15, 0.2) is 6.79 Å². The molecule has 1 aliphatic rings. The molecule has 2 aromatic rings. The fourth-order valence-corrected chi connectivity index (χ4v) is 2.47. The summed E-state index contributed by atoms with van der Waals surface area (Å²) in [4.78, 5) is 4.68. The average Bonchev–Trinajstić information content (AvgIpc) is 3.03. The summed E-state index contributed by atoms with van der Waals surface area (Å²) >= 11 is 0. The molecule has 1 aliphatic heterocycles. The first-order valence-corrected chi connectivity index (χ1v) is 7.18. The van der Waals surface area contributed by atoms with Crippen LogP contribution in [0.25, 0.3) is 0 Å². The van der Waals surface area contributed by atoms with Crippen molar-refractivity contribution < 1.29 is 9.47 Å². The van der Waals surface area contributed by atoms with E-state index in [0.29, 0.717) is 23.9 Å². The minimum atomic E-state index is -0.150. The van der Waals surface area contributed by atoms with Gasteiger partial charge in [0.05, 0.1) is 6.04 Å².